The molecule has 0 radical (unpaired) electrons. The maximum atomic E-state index is 12.3. The number of para-hydroxylation sites is 1. The summed E-state index contributed by atoms with van der Waals surface area (Å²) in [5.74, 6) is 0.719. The van der Waals surface area contributed by atoms with Crippen molar-refractivity contribution in [3.05, 3.63) is 30.3 Å². The molecule has 0 bridgehead atoms. The van der Waals surface area contributed by atoms with Crippen molar-refractivity contribution in [2.24, 2.45) is 0 Å². The van der Waals surface area contributed by atoms with Crippen LogP contribution in [-0.4, -0.2) is 43.0 Å². The van der Waals surface area contributed by atoms with Crippen LogP contribution in [0.2, 0.25) is 0 Å². The maximum absolute atomic E-state index is 12.3. The van der Waals surface area contributed by atoms with E-state index in [1.807, 2.05) is 6.07 Å². The maximum Gasteiger partial charge on any atom is 0.415 e. The molecule has 2 fully saturated rings. The number of nitrogens with zero attached hydrogens (tertiary/aromatic N) is 1. The molecule has 108 valence electrons. The molecule has 2 aliphatic rings. The summed E-state index contributed by atoms with van der Waals surface area (Å²) in [6.45, 7) is 0. The Balaban J connectivity index is 1.73. The quantitative estimate of drug-likeness (QED) is 0.853. The number of hydrogen-bond donors (Lipinski definition) is 0. The predicted molar refractivity (Wildman–Crippen MR) is 74.4 cm³/mol. The van der Waals surface area contributed by atoms with Crippen LogP contribution in [0.3, 0.4) is 0 Å². The first-order chi connectivity index (χ1) is 9.55. The van der Waals surface area contributed by atoms with Gasteiger partial charge in [-0.3, -0.25) is 0 Å². The third-order valence-corrected chi connectivity index (χ3v) is 5.45. The molecule has 5 nitrogen and oxygen atoms in total. The molecule has 0 aromatic heterocycles. The van der Waals surface area contributed by atoms with Gasteiger partial charge in [-0.05, 0) is 31.4 Å². The van der Waals surface area contributed by atoms with Gasteiger partial charge in [-0.15, -0.1) is 0 Å². The molecule has 1 unspecified atom stereocenters. The molecule has 1 saturated carbocycles. The summed E-state index contributed by atoms with van der Waals surface area (Å²) in [4.78, 5) is 13.9. The highest BCUT2D eigenvalue weighted by Gasteiger charge is 2.43. The standard InChI is InChI=1S/C14H17NO4S/c16-14(19-13-4-2-1-3-5-13)15(11-6-7-11)12-8-9-20(17,18)10-12/h1-5,11-12H,6-10H2. The highest BCUT2D eigenvalue weighted by molar-refractivity contribution is 7.91. The first-order valence-electron chi connectivity index (χ1n) is 6.81. The lowest BCUT2D eigenvalue weighted by molar-refractivity contribution is 0.132. The fraction of sp³-hybridized carbons (Fsp3) is 0.500. The number of rotatable bonds is 3. The van der Waals surface area contributed by atoms with Gasteiger partial charge in [0.05, 0.1) is 17.5 Å². The largest absolute Gasteiger partial charge is 0.415 e. The van der Waals surface area contributed by atoms with E-state index in [0.29, 0.717) is 12.2 Å². The second-order valence-corrected chi connectivity index (χ2v) is 7.61. The summed E-state index contributed by atoms with van der Waals surface area (Å²) in [5.41, 5.74) is 0. The second kappa shape index (κ2) is 5.09. The molecule has 3 rings (SSSR count). The van der Waals surface area contributed by atoms with Crippen molar-refractivity contribution >= 4 is 15.9 Å². The van der Waals surface area contributed by atoms with Gasteiger partial charge < -0.3 is 9.64 Å². The molecule has 1 aliphatic heterocycles. The summed E-state index contributed by atoms with van der Waals surface area (Å²) in [6, 6.07) is 8.78. The topological polar surface area (TPSA) is 63.7 Å². The van der Waals surface area contributed by atoms with E-state index in [4.69, 9.17) is 4.74 Å². The Morgan fingerprint density at radius 2 is 1.80 bits per heavy atom. The minimum atomic E-state index is -3.00. The molecule has 1 saturated heterocycles. The number of hydrogen-bond acceptors (Lipinski definition) is 4. The summed E-state index contributed by atoms with van der Waals surface area (Å²) in [7, 11) is -3.00. The van der Waals surface area contributed by atoms with Crippen molar-refractivity contribution in [1.82, 2.24) is 4.90 Å². The molecule has 0 N–H and O–H groups in total. The van der Waals surface area contributed by atoms with E-state index < -0.39 is 15.9 Å². The summed E-state index contributed by atoms with van der Waals surface area (Å²) in [6.07, 6.45) is 1.95. The van der Waals surface area contributed by atoms with E-state index >= 15 is 0 Å². The van der Waals surface area contributed by atoms with Gasteiger partial charge in [0.2, 0.25) is 0 Å². The van der Waals surface area contributed by atoms with Crippen LogP contribution in [0.15, 0.2) is 30.3 Å². The van der Waals surface area contributed by atoms with E-state index in [9.17, 15) is 13.2 Å². The van der Waals surface area contributed by atoms with Gasteiger partial charge in [-0.25, -0.2) is 13.2 Å². The van der Waals surface area contributed by atoms with Gasteiger partial charge in [-0.2, -0.15) is 0 Å². The highest BCUT2D eigenvalue weighted by Crippen LogP contribution is 2.33. The second-order valence-electron chi connectivity index (χ2n) is 5.38. The van der Waals surface area contributed by atoms with Crippen LogP contribution in [0.5, 0.6) is 5.75 Å². The number of amides is 1. The molecule has 1 heterocycles. The molecule has 0 spiro atoms. The van der Waals surface area contributed by atoms with Crippen LogP contribution < -0.4 is 4.74 Å². The lowest BCUT2D eigenvalue weighted by Crippen LogP contribution is -2.44. The fourth-order valence-electron chi connectivity index (χ4n) is 2.59. The Morgan fingerprint density at radius 1 is 1.10 bits per heavy atom. The zero-order valence-electron chi connectivity index (χ0n) is 11.1. The van der Waals surface area contributed by atoms with Crippen molar-refractivity contribution in [3.8, 4) is 5.75 Å². The first-order valence-corrected chi connectivity index (χ1v) is 8.63. The fourth-order valence-corrected chi connectivity index (χ4v) is 4.30. The molecule has 1 atom stereocenters. The van der Waals surface area contributed by atoms with Crippen molar-refractivity contribution < 1.29 is 17.9 Å². The van der Waals surface area contributed by atoms with E-state index in [1.54, 1.807) is 29.2 Å². The summed E-state index contributed by atoms with van der Waals surface area (Å²) < 4.78 is 28.5. The Kier molecular flexibility index (Phi) is 3.41. The third-order valence-electron chi connectivity index (χ3n) is 3.70. The molecule has 1 amide bonds. The van der Waals surface area contributed by atoms with Crippen molar-refractivity contribution in [2.75, 3.05) is 11.5 Å². The normalized spacial score (nSPS) is 24.3. The van der Waals surface area contributed by atoms with Crippen molar-refractivity contribution in [3.63, 3.8) is 0 Å². The Hall–Kier alpha value is -1.56. The SMILES string of the molecule is O=C(Oc1ccccc1)N(C1CC1)C1CCS(=O)(=O)C1. The monoisotopic (exact) mass is 295 g/mol. The zero-order valence-corrected chi connectivity index (χ0v) is 11.9. The van der Waals surface area contributed by atoms with E-state index in [0.717, 1.165) is 12.8 Å². The Labute approximate surface area is 118 Å². The molecular weight excluding hydrogens is 278 g/mol. The average Bonchev–Trinajstić information content (AvgIpc) is 3.15. The third kappa shape index (κ3) is 2.95. The zero-order chi connectivity index (χ0) is 14.2. The predicted octanol–water partition coefficient (Wildman–Crippen LogP) is 1.84. The number of carbonyl (C=O) groups is 1. The molecule has 1 aromatic rings. The first kappa shape index (κ1) is 13.4. The van der Waals surface area contributed by atoms with Crippen LogP contribution >= 0.6 is 0 Å². The minimum absolute atomic E-state index is 0.0629. The van der Waals surface area contributed by atoms with E-state index in [-0.39, 0.29) is 23.6 Å². The number of ether oxygens (including phenoxy) is 1. The number of carbonyl (C=O) groups excluding carboxylic acids is 1. The van der Waals surface area contributed by atoms with Crippen LogP contribution in [0, 0.1) is 0 Å². The molecule has 1 aromatic carbocycles. The van der Waals surface area contributed by atoms with E-state index in [2.05, 4.69) is 0 Å². The van der Waals surface area contributed by atoms with Crippen LogP contribution in [0.25, 0.3) is 0 Å². The number of sulfone groups is 1. The smallest absolute Gasteiger partial charge is 0.410 e. The minimum Gasteiger partial charge on any atom is -0.410 e. The van der Waals surface area contributed by atoms with Gasteiger partial charge in [0.25, 0.3) is 0 Å². The Bertz CT molecular complexity index is 595. The molecule has 20 heavy (non-hydrogen) atoms. The molecule has 1 aliphatic carbocycles. The van der Waals surface area contributed by atoms with Crippen molar-refractivity contribution in [1.29, 1.82) is 0 Å². The lowest BCUT2D eigenvalue weighted by atomic mass is 10.2. The summed E-state index contributed by atoms with van der Waals surface area (Å²) in [5, 5.41) is 0. The Morgan fingerprint density at radius 3 is 2.35 bits per heavy atom. The van der Waals surface area contributed by atoms with Gasteiger partial charge in [0.1, 0.15) is 5.75 Å². The molecular formula is C14H17NO4S. The molecule has 6 heteroatoms. The van der Waals surface area contributed by atoms with Crippen LogP contribution in [0.1, 0.15) is 19.3 Å². The lowest BCUT2D eigenvalue weighted by Gasteiger charge is -2.27. The number of benzene rings is 1. The van der Waals surface area contributed by atoms with Crippen molar-refractivity contribution in [2.45, 2.75) is 31.3 Å². The van der Waals surface area contributed by atoms with Gasteiger partial charge in [-0.1, -0.05) is 18.2 Å². The highest BCUT2D eigenvalue weighted by atomic mass is 32.2. The van der Waals surface area contributed by atoms with Gasteiger partial charge in [0.15, 0.2) is 9.84 Å². The van der Waals surface area contributed by atoms with Gasteiger partial charge >= 0.3 is 6.09 Å². The van der Waals surface area contributed by atoms with Crippen LogP contribution in [0.4, 0.5) is 4.79 Å². The van der Waals surface area contributed by atoms with Gasteiger partial charge in [0, 0.05) is 6.04 Å². The van der Waals surface area contributed by atoms with E-state index in [1.165, 1.54) is 0 Å². The van der Waals surface area contributed by atoms with Crippen LogP contribution in [-0.2, 0) is 9.84 Å². The summed E-state index contributed by atoms with van der Waals surface area (Å²) >= 11 is 0. The average molecular weight is 295 g/mol.